The van der Waals surface area contributed by atoms with Crippen molar-refractivity contribution in [1.29, 1.82) is 0 Å². The Morgan fingerprint density at radius 2 is 0.778 bits per heavy atom. The van der Waals surface area contributed by atoms with E-state index >= 15 is 0 Å². The van der Waals surface area contributed by atoms with Crippen molar-refractivity contribution in [3.8, 4) is 0 Å². The van der Waals surface area contributed by atoms with Crippen LogP contribution in [0.3, 0.4) is 0 Å². The van der Waals surface area contributed by atoms with Crippen LogP contribution in [0.4, 0.5) is 42.9 Å². The zero-order valence-corrected chi connectivity index (χ0v) is 24.1. The van der Waals surface area contributed by atoms with E-state index in [1.165, 1.54) is 24.3 Å². The predicted molar refractivity (Wildman–Crippen MR) is 181 cm³/mol. The first-order valence-electron chi connectivity index (χ1n) is 14.7. The lowest BCUT2D eigenvalue weighted by molar-refractivity contribution is 0.627. The van der Waals surface area contributed by atoms with Gasteiger partial charge in [0.2, 0.25) is 0 Å². The minimum Gasteiger partial charge on any atom is -0.454 e. The molecule has 1 aromatic heterocycles. The minimum absolute atomic E-state index is 0.302. The standard InChI is InChI=1S/C40H26F2N2O/c41-27-19-23-31(24-20-27)43(29-11-3-1-4-12-29)38-33-15-7-8-16-34(33)39(40-37(38)35-17-9-10-18-36(35)45-40)44(30-13-5-2-6-14-30)32-25-21-28(42)22-26-32/h1-26H. The molecule has 0 saturated heterocycles. The van der Waals surface area contributed by atoms with Gasteiger partial charge in [-0.3, -0.25) is 0 Å². The van der Waals surface area contributed by atoms with Crippen LogP contribution in [0.5, 0.6) is 0 Å². The van der Waals surface area contributed by atoms with E-state index in [1.807, 2.05) is 78.9 Å². The smallest absolute Gasteiger partial charge is 0.162 e. The fraction of sp³-hybridized carbons (Fsp3) is 0. The maximum Gasteiger partial charge on any atom is 0.162 e. The van der Waals surface area contributed by atoms with E-state index in [0.717, 1.165) is 61.3 Å². The van der Waals surface area contributed by atoms with Gasteiger partial charge in [0.25, 0.3) is 0 Å². The van der Waals surface area contributed by atoms with Crippen molar-refractivity contribution in [1.82, 2.24) is 0 Å². The zero-order chi connectivity index (χ0) is 30.3. The molecule has 8 rings (SSSR count). The number of furan rings is 1. The molecule has 0 aliphatic heterocycles. The first-order valence-corrected chi connectivity index (χ1v) is 14.7. The van der Waals surface area contributed by atoms with E-state index in [4.69, 9.17) is 4.42 Å². The van der Waals surface area contributed by atoms with Gasteiger partial charge in [-0.1, -0.05) is 78.9 Å². The fourth-order valence-electron chi connectivity index (χ4n) is 6.20. The number of halogens is 2. The Kier molecular flexibility index (Phi) is 6.50. The molecule has 0 unspecified atom stereocenters. The number of para-hydroxylation sites is 3. The molecule has 0 spiro atoms. The summed E-state index contributed by atoms with van der Waals surface area (Å²) >= 11 is 0. The third-order valence-corrected chi connectivity index (χ3v) is 8.13. The average molecular weight is 589 g/mol. The Hall–Kier alpha value is -5.94. The molecule has 0 amide bonds. The summed E-state index contributed by atoms with van der Waals surface area (Å²) in [5.41, 5.74) is 6.61. The minimum atomic E-state index is -0.307. The third-order valence-electron chi connectivity index (χ3n) is 8.13. The van der Waals surface area contributed by atoms with Gasteiger partial charge in [-0.15, -0.1) is 0 Å². The summed E-state index contributed by atoms with van der Waals surface area (Å²) < 4.78 is 35.3. The first-order chi connectivity index (χ1) is 22.2. The monoisotopic (exact) mass is 588 g/mol. The van der Waals surface area contributed by atoms with Crippen molar-refractivity contribution in [3.05, 3.63) is 169 Å². The van der Waals surface area contributed by atoms with Crippen molar-refractivity contribution in [3.63, 3.8) is 0 Å². The number of rotatable bonds is 6. The molecule has 45 heavy (non-hydrogen) atoms. The van der Waals surface area contributed by atoms with Crippen molar-refractivity contribution in [2.45, 2.75) is 0 Å². The molecule has 0 aliphatic rings. The molecule has 0 aliphatic carbocycles. The molecular formula is C40H26F2N2O. The summed E-state index contributed by atoms with van der Waals surface area (Å²) in [4.78, 5) is 4.29. The zero-order valence-electron chi connectivity index (χ0n) is 24.1. The molecule has 0 saturated carbocycles. The van der Waals surface area contributed by atoms with Crippen molar-refractivity contribution in [2.75, 3.05) is 9.80 Å². The normalized spacial score (nSPS) is 11.3. The molecule has 1 heterocycles. The van der Waals surface area contributed by atoms with Crippen LogP contribution >= 0.6 is 0 Å². The lowest BCUT2D eigenvalue weighted by Crippen LogP contribution is -2.14. The summed E-state index contributed by atoms with van der Waals surface area (Å²) in [5.74, 6) is -0.609. The lowest BCUT2D eigenvalue weighted by Gasteiger charge is -2.31. The molecule has 3 nitrogen and oxygen atoms in total. The molecule has 7 aromatic carbocycles. The second-order valence-electron chi connectivity index (χ2n) is 10.8. The Labute approximate surface area is 258 Å². The van der Waals surface area contributed by atoms with Crippen molar-refractivity contribution < 1.29 is 13.2 Å². The Morgan fingerprint density at radius 1 is 0.378 bits per heavy atom. The van der Waals surface area contributed by atoms with Crippen LogP contribution in [0.2, 0.25) is 0 Å². The van der Waals surface area contributed by atoms with Gasteiger partial charge in [0, 0.05) is 38.9 Å². The van der Waals surface area contributed by atoms with Gasteiger partial charge in [-0.25, -0.2) is 8.78 Å². The van der Waals surface area contributed by atoms with Crippen molar-refractivity contribution in [2.24, 2.45) is 0 Å². The van der Waals surface area contributed by atoms with Gasteiger partial charge in [0.1, 0.15) is 17.2 Å². The Bertz CT molecular complexity index is 2280. The first kappa shape index (κ1) is 26.7. The van der Waals surface area contributed by atoms with Crippen LogP contribution in [0.25, 0.3) is 32.7 Å². The van der Waals surface area contributed by atoms with Crippen molar-refractivity contribution >= 4 is 66.8 Å². The number of fused-ring (bicyclic) bond motifs is 4. The highest BCUT2D eigenvalue weighted by atomic mass is 19.1. The summed E-state index contributed by atoms with van der Waals surface area (Å²) in [5, 5.41) is 3.78. The van der Waals surface area contributed by atoms with Gasteiger partial charge >= 0.3 is 0 Å². The van der Waals surface area contributed by atoms with Gasteiger partial charge in [0.05, 0.1) is 16.8 Å². The average Bonchev–Trinajstić information content (AvgIpc) is 3.47. The predicted octanol–water partition coefficient (Wildman–Crippen LogP) is 12.0. The number of anilines is 6. The highest BCUT2D eigenvalue weighted by molar-refractivity contribution is 6.28. The molecule has 0 N–H and O–H groups in total. The molecule has 0 bridgehead atoms. The molecule has 0 radical (unpaired) electrons. The molecular weight excluding hydrogens is 562 g/mol. The second-order valence-corrected chi connectivity index (χ2v) is 10.8. The largest absolute Gasteiger partial charge is 0.454 e. The van der Waals surface area contributed by atoms with Gasteiger partial charge in [0.15, 0.2) is 5.58 Å². The lowest BCUT2D eigenvalue weighted by atomic mass is 9.97. The van der Waals surface area contributed by atoms with E-state index in [9.17, 15) is 8.78 Å². The topological polar surface area (TPSA) is 19.6 Å². The molecule has 8 aromatic rings. The quantitative estimate of drug-likeness (QED) is 0.180. The summed E-state index contributed by atoms with van der Waals surface area (Å²) in [7, 11) is 0. The van der Waals surface area contributed by atoms with Gasteiger partial charge in [-0.2, -0.15) is 0 Å². The maximum absolute atomic E-state index is 14.2. The van der Waals surface area contributed by atoms with E-state index in [2.05, 4.69) is 40.1 Å². The Balaban J connectivity index is 1.56. The number of nitrogens with zero attached hydrogens (tertiary/aromatic N) is 2. The molecule has 5 heteroatoms. The molecule has 0 atom stereocenters. The van der Waals surface area contributed by atoms with E-state index in [1.54, 1.807) is 24.3 Å². The van der Waals surface area contributed by atoms with Gasteiger partial charge < -0.3 is 14.2 Å². The van der Waals surface area contributed by atoms with E-state index in [-0.39, 0.29) is 11.6 Å². The molecule has 0 fully saturated rings. The number of benzene rings is 7. The number of hydrogen-bond acceptors (Lipinski definition) is 3. The fourth-order valence-corrected chi connectivity index (χ4v) is 6.20. The van der Waals surface area contributed by atoms with Crippen LogP contribution in [-0.4, -0.2) is 0 Å². The summed E-state index contributed by atoms with van der Waals surface area (Å²) in [6.07, 6.45) is 0. The highest BCUT2D eigenvalue weighted by Crippen LogP contribution is 2.53. The van der Waals surface area contributed by atoms with Crippen LogP contribution in [-0.2, 0) is 0 Å². The highest BCUT2D eigenvalue weighted by Gasteiger charge is 2.29. The summed E-state index contributed by atoms with van der Waals surface area (Å²) in [6.45, 7) is 0. The second kappa shape index (κ2) is 11.0. The SMILES string of the molecule is Fc1ccc(N(c2ccccc2)c2c3ccccc3c(N(c3ccccc3)c3ccc(F)cc3)c3c2oc2ccccc23)cc1. The molecule has 216 valence electrons. The van der Waals surface area contributed by atoms with Crippen LogP contribution in [0.15, 0.2) is 162 Å². The van der Waals surface area contributed by atoms with E-state index in [0.29, 0.717) is 5.58 Å². The summed E-state index contributed by atoms with van der Waals surface area (Å²) in [6, 6.07) is 49.5. The van der Waals surface area contributed by atoms with Crippen LogP contribution in [0, 0.1) is 11.6 Å². The third kappa shape index (κ3) is 4.57. The van der Waals surface area contributed by atoms with Crippen LogP contribution in [0.1, 0.15) is 0 Å². The van der Waals surface area contributed by atoms with Gasteiger partial charge in [-0.05, 0) is 78.9 Å². The van der Waals surface area contributed by atoms with Crippen LogP contribution < -0.4 is 9.80 Å². The Morgan fingerprint density at radius 3 is 1.31 bits per heavy atom. The number of hydrogen-bond donors (Lipinski definition) is 0. The maximum atomic E-state index is 14.2. The van der Waals surface area contributed by atoms with E-state index < -0.39 is 0 Å².